The quantitative estimate of drug-likeness (QED) is 0.469. The normalized spacial score (nSPS) is 6.00. The van der Waals surface area contributed by atoms with Crippen LogP contribution in [0.3, 0.4) is 0 Å². The Morgan fingerprint density at radius 2 is 2.00 bits per heavy atom. The van der Waals surface area contributed by atoms with Gasteiger partial charge in [0.1, 0.15) is 0 Å². The van der Waals surface area contributed by atoms with Gasteiger partial charge in [0.15, 0.2) is 0 Å². The molecule has 0 heterocycles. The zero-order chi connectivity index (χ0) is 7.70. The van der Waals surface area contributed by atoms with Gasteiger partial charge < -0.3 is 4.74 Å². The van der Waals surface area contributed by atoms with Gasteiger partial charge in [-0.05, 0) is 4.99 Å². The standard InChI is InChI=1S/C4H6O2.C2H3Br/c1-3-4(5)6-2;1-2-3/h3H,1H2,2H3;2H,1H2. The molecule has 0 fully saturated rings. The highest BCUT2D eigenvalue weighted by molar-refractivity contribution is 9.11. The number of ether oxygens (including phenoxy) is 1. The number of rotatable bonds is 1. The molecule has 0 aliphatic rings. The first-order valence-electron chi connectivity index (χ1n) is 2.14. The summed E-state index contributed by atoms with van der Waals surface area (Å²) in [5.74, 6) is -0.394. The van der Waals surface area contributed by atoms with Crippen molar-refractivity contribution in [2.45, 2.75) is 0 Å². The van der Waals surface area contributed by atoms with Crippen LogP contribution in [0, 0.1) is 0 Å². The molecule has 0 atom stereocenters. The summed E-state index contributed by atoms with van der Waals surface area (Å²) in [6, 6.07) is 0. The molecule has 0 spiro atoms. The van der Waals surface area contributed by atoms with E-state index < -0.39 is 5.97 Å². The Balaban J connectivity index is 0. The fourth-order valence-corrected chi connectivity index (χ4v) is 0.0833. The van der Waals surface area contributed by atoms with Crippen molar-refractivity contribution in [2.75, 3.05) is 7.11 Å². The number of esters is 1. The minimum atomic E-state index is -0.394. The second kappa shape index (κ2) is 10.4. The molecule has 0 aromatic rings. The van der Waals surface area contributed by atoms with Crippen molar-refractivity contribution < 1.29 is 9.53 Å². The lowest BCUT2D eigenvalue weighted by atomic mass is 10.7. The lowest BCUT2D eigenvalue weighted by molar-refractivity contribution is -0.134. The molecular weight excluding hydrogens is 184 g/mol. The van der Waals surface area contributed by atoms with Gasteiger partial charge in [-0.1, -0.05) is 29.1 Å². The van der Waals surface area contributed by atoms with E-state index >= 15 is 0 Å². The average molecular weight is 193 g/mol. The molecular formula is C6H9BrO2. The van der Waals surface area contributed by atoms with Crippen LogP contribution in [0.5, 0.6) is 0 Å². The Kier molecular flexibility index (Phi) is 13.0. The number of carbonyl (C=O) groups excluding carboxylic acids is 1. The summed E-state index contributed by atoms with van der Waals surface area (Å²) in [7, 11) is 1.31. The molecule has 0 amide bonds. The van der Waals surface area contributed by atoms with Gasteiger partial charge in [-0.3, -0.25) is 0 Å². The molecule has 3 heteroatoms. The number of hydrogen-bond donors (Lipinski definition) is 0. The number of halogens is 1. The van der Waals surface area contributed by atoms with E-state index in [-0.39, 0.29) is 0 Å². The predicted molar refractivity (Wildman–Crippen MR) is 41.3 cm³/mol. The second-order valence-corrected chi connectivity index (χ2v) is 1.53. The van der Waals surface area contributed by atoms with Crippen LogP contribution in [-0.2, 0) is 9.53 Å². The van der Waals surface area contributed by atoms with Gasteiger partial charge in [-0.25, -0.2) is 4.79 Å². The van der Waals surface area contributed by atoms with Crippen LogP contribution in [0.25, 0.3) is 0 Å². The minimum absolute atomic E-state index is 0.394. The lowest BCUT2D eigenvalue weighted by Gasteiger charge is -1.83. The largest absolute Gasteiger partial charge is 0.466 e. The molecule has 52 valence electrons. The van der Waals surface area contributed by atoms with Crippen LogP contribution in [-0.4, -0.2) is 13.1 Å². The topological polar surface area (TPSA) is 26.3 Å². The third kappa shape index (κ3) is 18.6. The maximum Gasteiger partial charge on any atom is 0.329 e. The third-order valence-electron chi connectivity index (χ3n) is 0.368. The Morgan fingerprint density at radius 3 is 2.00 bits per heavy atom. The zero-order valence-electron chi connectivity index (χ0n) is 5.26. The summed E-state index contributed by atoms with van der Waals surface area (Å²) in [6.45, 7) is 6.43. The molecule has 9 heavy (non-hydrogen) atoms. The average Bonchev–Trinajstić information content (AvgIpc) is 1.88. The highest BCUT2D eigenvalue weighted by atomic mass is 79.9. The summed E-state index contributed by atoms with van der Waals surface area (Å²) in [5.41, 5.74) is 0. The zero-order valence-corrected chi connectivity index (χ0v) is 6.85. The van der Waals surface area contributed by atoms with Gasteiger partial charge in [0.2, 0.25) is 0 Å². The smallest absolute Gasteiger partial charge is 0.329 e. The van der Waals surface area contributed by atoms with E-state index in [2.05, 4.69) is 33.8 Å². The number of methoxy groups -OCH3 is 1. The Labute approximate surface area is 63.3 Å². The molecule has 0 aliphatic carbocycles. The molecule has 0 saturated carbocycles. The van der Waals surface area contributed by atoms with Crippen LogP contribution >= 0.6 is 15.9 Å². The fraction of sp³-hybridized carbons (Fsp3) is 0.167. The Hall–Kier alpha value is -0.570. The first-order chi connectivity index (χ1) is 4.22. The SMILES string of the molecule is C=CBr.C=CC(=O)OC. The van der Waals surface area contributed by atoms with Gasteiger partial charge in [-0.2, -0.15) is 0 Å². The summed E-state index contributed by atoms with van der Waals surface area (Å²) >= 11 is 2.91. The van der Waals surface area contributed by atoms with Gasteiger partial charge in [0, 0.05) is 6.08 Å². The van der Waals surface area contributed by atoms with Gasteiger partial charge in [0.05, 0.1) is 7.11 Å². The Morgan fingerprint density at radius 1 is 1.67 bits per heavy atom. The van der Waals surface area contributed by atoms with Crippen LogP contribution in [0.2, 0.25) is 0 Å². The van der Waals surface area contributed by atoms with Crippen molar-refractivity contribution in [2.24, 2.45) is 0 Å². The molecule has 0 radical (unpaired) electrons. The first-order valence-corrected chi connectivity index (χ1v) is 3.06. The molecule has 0 N–H and O–H groups in total. The predicted octanol–water partition coefficient (Wildman–Crippen LogP) is 1.87. The van der Waals surface area contributed by atoms with Crippen molar-refractivity contribution in [1.29, 1.82) is 0 Å². The highest BCUT2D eigenvalue weighted by Gasteiger charge is 1.81. The van der Waals surface area contributed by atoms with Gasteiger partial charge in [-0.15, -0.1) is 0 Å². The van der Waals surface area contributed by atoms with E-state index in [0.29, 0.717) is 0 Å². The lowest BCUT2D eigenvalue weighted by Crippen LogP contribution is -1.91. The molecule has 0 bridgehead atoms. The number of carbonyl (C=O) groups is 1. The summed E-state index contributed by atoms with van der Waals surface area (Å²) in [4.78, 5) is 11.4. The molecule has 0 aromatic carbocycles. The summed E-state index contributed by atoms with van der Waals surface area (Å²) < 4.78 is 4.14. The van der Waals surface area contributed by atoms with Crippen molar-refractivity contribution in [3.8, 4) is 0 Å². The molecule has 0 aromatic heterocycles. The van der Waals surface area contributed by atoms with Crippen molar-refractivity contribution in [3.63, 3.8) is 0 Å². The number of hydrogen-bond acceptors (Lipinski definition) is 2. The Bertz CT molecular complexity index is 99.2. The van der Waals surface area contributed by atoms with E-state index in [1.165, 1.54) is 7.11 Å². The summed E-state index contributed by atoms with van der Waals surface area (Å²) in [6.07, 6.45) is 1.11. The van der Waals surface area contributed by atoms with E-state index in [9.17, 15) is 4.79 Å². The molecule has 0 rings (SSSR count). The second-order valence-electron chi connectivity index (χ2n) is 0.882. The minimum Gasteiger partial charge on any atom is -0.466 e. The van der Waals surface area contributed by atoms with Gasteiger partial charge in [0.25, 0.3) is 0 Å². The fourth-order valence-electron chi connectivity index (χ4n) is 0.0833. The first kappa shape index (κ1) is 11.3. The molecule has 2 nitrogen and oxygen atoms in total. The van der Waals surface area contributed by atoms with Crippen molar-refractivity contribution in [3.05, 3.63) is 24.2 Å². The summed E-state index contributed by atoms with van der Waals surface area (Å²) in [5, 5.41) is 0. The molecule has 0 unspecified atom stereocenters. The molecule has 0 saturated heterocycles. The van der Waals surface area contributed by atoms with Gasteiger partial charge >= 0.3 is 5.97 Å². The monoisotopic (exact) mass is 192 g/mol. The van der Waals surface area contributed by atoms with Crippen molar-refractivity contribution in [1.82, 2.24) is 0 Å². The third-order valence-corrected chi connectivity index (χ3v) is 0.368. The van der Waals surface area contributed by atoms with Crippen LogP contribution in [0.15, 0.2) is 24.2 Å². The van der Waals surface area contributed by atoms with E-state index in [1.807, 2.05) is 0 Å². The molecule has 0 aliphatic heterocycles. The van der Waals surface area contributed by atoms with E-state index in [1.54, 1.807) is 4.99 Å². The van der Waals surface area contributed by atoms with Crippen LogP contribution < -0.4 is 0 Å². The maximum atomic E-state index is 9.84. The van der Waals surface area contributed by atoms with E-state index in [4.69, 9.17) is 0 Å². The van der Waals surface area contributed by atoms with Crippen molar-refractivity contribution >= 4 is 21.9 Å². The van der Waals surface area contributed by atoms with Crippen LogP contribution in [0.1, 0.15) is 0 Å². The van der Waals surface area contributed by atoms with Crippen LogP contribution in [0.4, 0.5) is 0 Å². The highest BCUT2D eigenvalue weighted by Crippen LogP contribution is 1.68. The van der Waals surface area contributed by atoms with E-state index in [0.717, 1.165) is 6.08 Å². The maximum absolute atomic E-state index is 9.84.